The highest BCUT2D eigenvalue weighted by Gasteiger charge is 2.45. The van der Waals surface area contributed by atoms with E-state index in [9.17, 15) is 23.1 Å². The summed E-state index contributed by atoms with van der Waals surface area (Å²) >= 11 is 0. The van der Waals surface area contributed by atoms with Gasteiger partial charge in [-0.25, -0.2) is 4.68 Å². The van der Waals surface area contributed by atoms with Crippen LogP contribution >= 0.6 is 0 Å². The van der Waals surface area contributed by atoms with Crippen molar-refractivity contribution in [1.29, 1.82) is 0 Å². The Hall–Kier alpha value is -1.73. The maximum absolute atomic E-state index is 12.8. The van der Waals surface area contributed by atoms with E-state index in [1.165, 1.54) is 0 Å². The number of halogens is 3. The average Bonchev–Trinajstić information content (AvgIpc) is 2.57. The Balaban J connectivity index is 2.49. The summed E-state index contributed by atoms with van der Waals surface area (Å²) in [6.45, 7) is 1.55. The van der Waals surface area contributed by atoms with Crippen LogP contribution in [-0.4, -0.2) is 28.0 Å². The Labute approximate surface area is 94.2 Å². The minimum absolute atomic E-state index is 0.147. The van der Waals surface area contributed by atoms with Gasteiger partial charge in [-0.1, -0.05) is 0 Å². The molecule has 94 valence electrons. The summed E-state index contributed by atoms with van der Waals surface area (Å²) in [6, 6.07) is -2.29. The van der Waals surface area contributed by atoms with E-state index in [4.69, 9.17) is 0 Å². The Morgan fingerprint density at radius 2 is 2.29 bits per heavy atom. The summed E-state index contributed by atoms with van der Waals surface area (Å²) in [6.07, 6.45) is -3.78. The third kappa shape index (κ3) is 1.94. The van der Waals surface area contributed by atoms with Crippen LogP contribution in [0.15, 0.2) is 6.20 Å². The molecule has 0 bridgehead atoms. The van der Waals surface area contributed by atoms with Gasteiger partial charge in [0.1, 0.15) is 5.82 Å². The predicted molar refractivity (Wildman–Crippen MR) is 49.4 cm³/mol. The van der Waals surface area contributed by atoms with Gasteiger partial charge in [-0.3, -0.25) is 0 Å². The fourth-order valence-electron chi connectivity index (χ4n) is 1.89. The Morgan fingerprint density at radius 3 is 2.82 bits per heavy atom. The second-order valence-electron chi connectivity index (χ2n) is 3.98. The van der Waals surface area contributed by atoms with Crippen molar-refractivity contribution in [2.24, 2.45) is 0 Å². The number of fused-ring (bicyclic) bond motifs is 1. The van der Waals surface area contributed by atoms with Gasteiger partial charge in [-0.05, 0) is 13.3 Å². The minimum Gasteiger partial charge on any atom is -0.545 e. The van der Waals surface area contributed by atoms with E-state index in [0.717, 1.165) is 6.20 Å². The van der Waals surface area contributed by atoms with Crippen molar-refractivity contribution in [3.63, 3.8) is 0 Å². The second-order valence-corrected chi connectivity index (χ2v) is 3.98. The van der Waals surface area contributed by atoms with Crippen molar-refractivity contribution in [3.05, 3.63) is 11.8 Å². The molecule has 0 aromatic carbocycles. The monoisotopic (exact) mass is 248 g/mol. The number of nitrogens with one attached hydrogen (secondary N) is 1. The second kappa shape index (κ2) is 3.64. The summed E-state index contributed by atoms with van der Waals surface area (Å²) < 4.78 is 38.9. The van der Waals surface area contributed by atoms with Crippen LogP contribution in [0.1, 0.15) is 29.7 Å². The average molecular weight is 248 g/mol. The van der Waals surface area contributed by atoms with E-state index in [1.54, 1.807) is 6.92 Å². The number of aromatic nitrogens is 2. The van der Waals surface area contributed by atoms with Crippen molar-refractivity contribution in [3.8, 4) is 0 Å². The molecule has 2 rings (SSSR count). The van der Waals surface area contributed by atoms with Crippen LogP contribution in [0.3, 0.4) is 0 Å². The van der Waals surface area contributed by atoms with Gasteiger partial charge in [0.05, 0.1) is 17.7 Å². The van der Waals surface area contributed by atoms with Crippen LogP contribution in [0.25, 0.3) is 0 Å². The normalized spacial score (nSPS) is 24.0. The van der Waals surface area contributed by atoms with Crippen molar-refractivity contribution in [2.75, 3.05) is 5.32 Å². The fraction of sp³-hybridized carbons (Fsp3) is 0.556. The highest BCUT2D eigenvalue weighted by molar-refractivity contribution is 5.91. The lowest BCUT2D eigenvalue weighted by atomic mass is 10.1. The molecule has 8 heteroatoms. The van der Waals surface area contributed by atoms with E-state index < -0.39 is 24.2 Å². The number of rotatable bonds is 1. The molecule has 0 fully saturated rings. The molecule has 0 amide bonds. The molecule has 17 heavy (non-hydrogen) atoms. The van der Waals surface area contributed by atoms with Crippen LogP contribution in [0.4, 0.5) is 19.0 Å². The summed E-state index contributed by atoms with van der Waals surface area (Å²) in [5.41, 5.74) is -0.356. The van der Waals surface area contributed by atoms with Gasteiger partial charge >= 0.3 is 6.18 Å². The van der Waals surface area contributed by atoms with Gasteiger partial charge < -0.3 is 15.2 Å². The van der Waals surface area contributed by atoms with Gasteiger partial charge in [0.25, 0.3) is 0 Å². The number of aromatic carboxylic acids is 1. The van der Waals surface area contributed by atoms with Crippen LogP contribution in [0, 0.1) is 0 Å². The molecule has 0 unspecified atom stereocenters. The fourth-order valence-corrected chi connectivity index (χ4v) is 1.89. The smallest absolute Gasteiger partial charge is 0.410 e. The lowest BCUT2D eigenvalue weighted by Crippen LogP contribution is -2.38. The van der Waals surface area contributed by atoms with E-state index in [1.807, 2.05) is 0 Å². The number of hydrogen-bond donors (Lipinski definition) is 1. The quantitative estimate of drug-likeness (QED) is 0.788. The molecule has 1 aromatic heterocycles. The maximum Gasteiger partial charge on any atom is 0.410 e. The molecular formula is C9H9F3N3O2-. The molecule has 2 atom stereocenters. The van der Waals surface area contributed by atoms with Gasteiger partial charge in [-0.15, -0.1) is 0 Å². The van der Waals surface area contributed by atoms with Crippen LogP contribution < -0.4 is 10.4 Å². The molecule has 1 aromatic rings. The van der Waals surface area contributed by atoms with E-state index in [0.29, 0.717) is 4.68 Å². The zero-order valence-electron chi connectivity index (χ0n) is 8.78. The van der Waals surface area contributed by atoms with Gasteiger partial charge in [0.15, 0.2) is 6.04 Å². The number of nitrogens with zero attached hydrogens (tertiary/aromatic N) is 2. The number of carboxylic acids is 1. The van der Waals surface area contributed by atoms with Crippen molar-refractivity contribution in [2.45, 2.75) is 31.6 Å². The molecule has 1 aliphatic rings. The molecule has 5 nitrogen and oxygen atoms in total. The summed E-state index contributed by atoms with van der Waals surface area (Å²) in [5, 5.41) is 16.9. The van der Waals surface area contributed by atoms with E-state index in [2.05, 4.69) is 10.4 Å². The van der Waals surface area contributed by atoms with Crippen molar-refractivity contribution >= 4 is 11.8 Å². The first-order valence-electron chi connectivity index (χ1n) is 4.93. The first kappa shape index (κ1) is 11.7. The molecule has 2 heterocycles. The summed E-state index contributed by atoms with van der Waals surface area (Å²) in [7, 11) is 0. The third-order valence-corrected chi connectivity index (χ3v) is 2.65. The maximum atomic E-state index is 12.8. The Kier molecular flexibility index (Phi) is 2.52. The number of carboxylic acid groups (broad SMARTS) is 1. The molecule has 1 N–H and O–H groups in total. The number of hydrogen-bond acceptors (Lipinski definition) is 4. The molecular weight excluding hydrogens is 239 g/mol. The highest BCUT2D eigenvalue weighted by Crippen LogP contribution is 2.39. The zero-order valence-corrected chi connectivity index (χ0v) is 8.78. The molecule has 0 spiro atoms. The van der Waals surface area contributed by atoms with Crippen LogP contribution in [-0.2, 0) is 0 Å². The largest absolute Gasteiger partial charge is 0.545 e. The topological polar surface area (TPSA) is 70.0 Å². The number of alkyl halides is 3. The van der Waals surface area contributed by atoms with Crippen LogP contribution in [0.5, 0.6) is 0 Å². The third-order valence-electron chi connectivity index (χ3n) is 2.65. The van der Waals surface area contributed by atoms with Gasteiger partial charge in [0.2, 0.25) is 0 Å². The van der Waals surface area contributed by atoms with Crippen molar-refractivity contribution < 1.29 is 23.1 Å². The number of carbonyl (C=O) groups excluding carboxylic acids is 1. The van der Waals surface area contributed by atoms with Gasteiger partial charge in [0, 0.05) is 6.04 Å². The SMILES string of the molecule is C[C@H]1C[C@@H](C(F)(F)F)n2ncc(C(=O)[O-])c2N1. The molecule has 0 saturated heterocycles. The van der Waals surface area contributed by atoms with E-state index in [-0.39, 0.29) is 17.8 Å². The molecule has 1 aliphatic heterocycles. The van der Waals surface area contributed by atoms with Crippen molar-refractivity contribution in [1.82, 2.24) is 9.78 Å². The van der Waals surface area contributed by atoms with E-state index >= 15 is 0 Å². The van der Waals surface area contributed by atoms with Gasteiger partial charge in [-0.2, -0.15) is 18.3 Å². The number of anilines is 1. The Bertz CT molecular complexity index is 455. The van der Waals surface area contributed by atoms with Crippen LogP contribution in [0.2, 0.25) is 0 Å². The zero-order chi connectivity index (χ0) is 12.8. The highest BCUT2D eigenvalue weighted by atomic mass is 19.4. The first-order valence-corrected chi connectivity index (χ1v) is 4.93. The molecule has 0 radical (unpaired) electrons. The summed E-state index contributed by atoms with van der Waals surface area (Å²) in [4.78, 5) is 10.7. The lowest BCUT2D eigenvalue weighted by Gasteiger charge is -2.32. The lowest BCUT2D eigenvalue weighted by molar-refractivity contribution is -0.255. The number of carbonyl (C=O) groups is 1. The molecule has 0 aliphatic carbocycles. The predicted octanol–water partition coefficient (Wildman–Crippen LogP) is 0.554. The Morgan fingerprint density at radius 1 is 1.65 bits per heavy atom. The first-order chi connectivity index (χ1) is 7.80. The standard InChI is InChI=1S/C9H10F3N3O2/c1-4-2-6(9(10,11)12)15-7(14-4)5(3-13-15)8(16)17/h3-4,6,14H,2H2,1H3,(H,16,17)/p-1/t4-,6-/m0/s1. The minimum atomic E-state index is -4.46. The molecule has 0 saturated carbocycles. The summed E-state index contributed by atoms with van der Waals surface area (Å²) in [5.74, 6) is -1.69.